The second-order valence-corrected chi connectivity index (χ2v) is 5.13. The lowest BCUT2D eigenvalue weighted by Gasteiger charge is -2.07. The molecule has 1 aromatic heterocycles. The summed E-state index contributed by atoms with van der Waals surface area (Å²) in [6.45, 7) is 5.50. The minimum atomic E-state index is -0.164. The number of aryl methyl sites for hydroxylation is 3. The Morgan fingerprint density at radius 2 is 2.05 bits per heavy atom. The van der Waals surface area contributed by atoms with Crippen LogP contribution < -0.4 is 10.9 Å². The molecule has 0 unspecified atom stereocenters. The van der Waals surface area contributed by atoms with Crippen LogP contribution in [0.3, 0.4) is 0 Å². The van der Waals surface area contributed by atoms with E-state index in [0.29, 0.717) is 23.5 Å². The molecule has 1 heterocycles. The van der Waals surface area contributed by atoms with Gasteiger partial charge in [-0.05, 0) is 44.9 Å². The molecule has 0 atom stereocenters. The molecule has 1 amide bonds. The minimum absolute atomic E-state index is 0.111. The number of nitrogens with one attached hydrogen (secondary N) is 2. The average Bonchev–Trinajstić information content (AvgIpc) is 2.37. The van der Waals surface area contributed by atoms with Crippen molar-refractivity contribution in [1.29, 1.82) is 0 Å². The van der Waals surface area contributed by atoms with Gasteiger partial charge in [-0.25, -0.2) is 4.98 Å². The Bertz CT molecular complexity index is 720. The molecule has 0 radical (unpaired) electrons. The molecule has 0 saturated heterocycles. The summed E-state index contributed by atoms with van der Waals surface area (Å²) in [6, 6.07) is 7.61. The van der Waals surface area contributed by atoms with Gasteiger partial charge in [0.25, 0.3) is 5.56 Å². The van der Waals surface area contributed by atoms with Crippen molar-refractivity contribution >= 4 is 11.6 Å². The van der Waals surface area contributed by atoms with E-state index < -0.39 is 0 Å². The maximum atomic E-state index is 11.9. The number of H-pyrrole nitrogens is 1. The molecule has 0 bridgehead atoms. The molecule has 1 aromatic carbocycles. The number of hydrogen-bond donors (Lipinski definition) is 2. The SMILES string of the molecule is Cc1cccc(NC(=O)CCc2c(C)nc(C)[nH]c2=O)c1. The van der Waals surface area contributed by atoms with E-state index in [-0.39, 0.29) is 17.9 Å². The highest BCUT2D eigenvalue weighted by Crippen LogP contribution is 2.10. The first-order chi connectivity index (χ1) is 9.95. The van der Waals surface area contributed by atoms with Crippen LogP contribution in [0.2, 0.25) is 0 Å². The van der Waals surface area contributed by atoms with E-state index in [1.165, 1.54) is 0 Å². The molecule has 2 aromatic rings. The van der Waals surface area contributed by atoms with Gasteiger partial charge in [-0.3, -0.25) is 9.59 Å². The second kappa shape index (κ2) is 6.35. The van der Waals surface area contributed by atoms with Gasteiger partial charge in [-0.15, -0.1) is 0 Å². The first kappa shape index (κ1) is 15.0. The molecule has 0 aliphatic carbocycles. The predicted molar refractivity (Wildman–Crippen MR) is 82.5 cm³/mol. The maximum absolute atomic E-state index is 11.9. The minimum Gasteiger partial charge on any atom is -0.326 e. The zero-order chi connectivity index (χ0) is 15.4. The molecule has 110 valence electrons. The molecule has 0 saturated carbocycles. The average molecular weight is 285 g/mol. The van der Waals surface area contributed by atoms with Gasteiger partial charge in [0.1, 0.15) is 5.82 Å². The highest BCUT2D eigenvalue weighted by molar-refractivity contribution is 5.90. The number of aromatic nitrogens is 2. The number of nitrogens with zero attached hydrogens (tertiary/aromatic N) is 1. The molecular weight excluding hydrogens is 266 g/mol. The summed E-state index contributed by atoms with van der Waals surface area (Å²) < 4.78 is 0. The van der Waals surface area contributed by atoms with Crippen LogP contribution in [-0.2, 0) is 11.2 Å². The third-order valence-corrected chi connectivity index (χ3v) is 3.24. The number of benzene rings is 1. The van der Waals surface area contributed by atoms with Crippen LogP contribution in [0, 0.1) is 20.8 Å². The van der Waals surface area contributed by atoms with Crippen LogP contribution in [0.1, 0.15) is 29.1 Å². The van der Waals surface area contributed by atoms with E-state index in [0.717, 1.165) is 11.3 Å². The number of carbonyl (C=O) groups excluding carboxylic acids is 1. The second-order valence-electron chi connectivity index (χ2n) is 5.13. The van der Waals surface area contributed by atoms with E-state index in [2.05, 4.69) is 15.3 Å². The van der Waals surface area contributed by atoms with Gasteiger partial charge in [0, 0.05) is 23.4 Å². The van der Waals surface area contributed by atoms with Crippen molar-refractivity contribution < 1.29 is 4.79 Å². The highest BCUT2D eigenvalue weighted by atomic mass is 16.1. The van der Waals surface area contributed by atoms with Crippen molar-refractivity contribution in [2.24, 2.45) is 0 Å². The van der Waals surface area contributed by atoms with Crippen molar-refractivity contribution in [3.63, 3.8) is 0 Å². The van der Waals surface area contributed by atoms with Crippen molar-refractivity contribution in [2.75, 3.05) is 5.32 Å². The fraction of sp³-hybridized carbons (Fsp3) is 0.312. The van der Waals surface area contributed by atoms with E-state index in [4.69, 9.17) is 0 Å². The monoisotopic (exact) mass is 285 g/mol. The molecule has 0 aliphatic rings. The molecular formula is C16H19N3O2. The highest BCUT2D eigenvalue weighted by Gasteiger charge is 2.09. The number of rotatable bonds is 4. The molecule has 5 nitrogen and oxygen atoms in total. The summed E-state index contributed by atoms with van der Waals surface area (Å²) >= 11 is 0. The molecule has 5 heteroatoms. The van der Waals surface area contributed by atoms with Gasteiger partial charge in [-0.2, -0.15) is 0 Å². The molecule has 0 aliphatic heterocycles. The topological polar surface area (TPSA) is 74.8 Å². The van der Waals surface area contributed by atoms with Crippen LogP contribution in [-0.4, -0.2) is 15.9 Å². The van der Waals surface area contributed by atoms with Crippen molar-refractivity contribution in [1.82, 2.24) is 9.97 Å². The molecule has 2 N–H and O–H groups in total. The summed E-state index contributed by atoms with van der Waals surface area (Å²) in [5.41, 5.74) is 2.94. The number of anilines is 1. The van der Waals surface area contributed by atoms with E-state index in [1.54, 1.807) is 13.8 Å². The van der Waals surface area contributed by atoms with Crippen LogP contribution in [0.25, 0.3) is 0 Å². The van der Waals surface area contributed by atoms with Gasteiger partial charge in [0.15, 0.2) is 0 Å². The Kier molecular flexibility index (Phi) is 4.52. The lowest BCUT2D eigenvalue weighted by Crippen LogP contribution is -2.20. The third kappa shape index (κ3) is 4.02. The van der Waals surface area contributed by atoms with Crippen LogP contribution in [0.5, 0.6) is 0 Å². The lowest BCUT2D eigenvalue weighted by atomic mass is 10.1. The van der Waals surface area contributed by atoms with Gasteiger partial charge >= 0.3 is 0 Å². The molecule has 0 spiro atoms. The zero-order valence-corrected chi connectivity index (χ0v) is 12.5. The van der Waals surface area contributed by atoms with Crippen molar-refractivity contribution in [3.8, 4) is 0 Å². The van der Waals surface area contributed by atoms with E-state index in [1.807, 2.05) is 31.2 Å². The van der Waals surface area contributed by atoms with Crippen LogP contribution in [0.15, 0.2) is 29.1 Å². The smallest absolute Gasteiger partial charge is 0.254 e. The van der Waals surface area contributed by atoms with E-state index in [9.17, 15) is 9.59 Å². The van der Waals surface area contributed by atoms with E-state index >= 15 is 0 Å². The standard InChI is InChI=1S/C16H19N3O2/c1-10-5-4-6-13(9-10)19-15(20)8-7-14-11(2)17-12(3)18-16(14)21/h4-6,9H,7-8H2,1-3H3,(H,19,20)(H,17,18,21). The van der Waals surface area contributed by atoms with Crippen LogP contribution in [0.4, 0.5) is 5.69 Å². The quantitative estimate of drug-likeness (QED) is 0.905. The summed E-state index contributed by atoms with van der Waals surface area (Å²) in [7, 11) is 0. The first-order valence-corrected chi connectivity index (χ1v) is 6.88. The normalized spacial score (nSPS) is 10.4. The molecule has 21 heavy (non-hydrogen) atoms. The molecule has 0 fully saturated rings. The first-order valence-electron chi connectivity index (χ1n) is 6.88. The summed E-state index contributed by atoms with van der Waals surface area (Å²) in [4.78, 5) is 30.7. The van der Waals surface area contributed by atoms with Crippen molar-refractivity contribution in [3.05, 3.63) is 57.3 Å². The number of amides is 1. The van der Waals surface area contributed by atoms with Gasteiger partial charge in [-0.1, -0.05) is 12.1 Å². The fourth-order valence-corrected chi connectivity index (χ4v) is 2.23. The number of hydrogen-bond acceptors (Lipinski definition) is 3. The summed E-state index contributed by atoms with van der Waals surface area (Å²) in [5, 5.41) is 2.83. The Morgan fingerprint density at radius 1 is 1.29 bits per heavy atom. The Balaban J connectivity index is 2.00. The number of carbonyl (C=O) groups is 1. The Labute approximate surface area is 123 Å². The van der Waals surface area contributed by atoms with Crippen molar-refractivity contribution in [2.45, 2.75) is 33.6 Å². The van der Waals surface area contributed by atoms with Crippen LogP contribution >= 0.6 is 0 Å². The Morgan fingerprint density at radius 3 is 2.71 bits per heavy atom. The third-order valence-electron chi connectivity index (χ3n) is 3.24. The van der Waals surface area contributed by atoms with Gasteiger partial charge in [0.05, 0.1) is 0 Å². The summed E-state index contributed by atoms with van der Waals surface area (Å²) in [5.74, 6) is 0.477. The fourth-order valence-electron chi connectivity index (χ4n) is 2.23. The maximum Gasteiger partial charge on any atom is 0.254 e. The molecule has 2 rings (SSSR count). The Hall–Kier alpha value is -2.43. The zero-order valence-electron chi connectivity index (χ0n) is 12.5. The van der Waals surface area contributed by atoms with Gasteiger partial charge in [0.2, 0.25) is 5.91 Å². The summed E-state index contributed by atoms with van der Waals surface area (Å²) in [6.07, 6.45) is 0.634. The van der Waals surface area contributed by atoms with Gasteiger partial charge < -0.3 is 10.3 Å². The lowest BCUT2D eigenvalue weighted by molar-refractivity contribution is -0.116. The predicted octanol–water partition coefficient (Wildman–Crippen LogP) is 2.27. The number of aromatic amines is 1. The largest absolute Gasteiger partial charge is 0.326 e.